The zero-order valence-corrected chi connectivity index (χ0v) is 10.7. The number of carbonyl (C=O) groups excluding carboxylic acids is 1. The Labute approximate surface area is 111 Å². The van der Waals surface area contributed by atoms with Gasteiger partial charge in [0.1, 0.15) is 18.5 Å². The van der Waals surface area contributed by atoms with Crippen molar-refractivity contribution in [3.63, 3.8) is 0 Å². The van der Waals surface area contributed by atoms with Gasteiger partial charge in [-0.05, 0) is 11.6 Å². The second-order valence-electron chi connectivity index (χ2n) is 4.18. The first-order chi connectivity index (χ1) is 9.22. The molecule has 0 aliphatic rings. The molecule has 0 aliphatic carbocycles. The molecule has 0 fully saturated rings. The topological polar surface area (TPSA) is 55.0 Å². The number of ether oxygens (including phenoxy) is 1. The van der Waals surface area contributed by atoms with Crippen molar-refractivity contribution < 1.29 is 9.53 Å². The average Bonchev–Trinajstić information content (AvgIpc) is 2.83. The standard InChI is InChI=1S/C15H14N2O2/c1-12(18)15-14(9-16)7-8-17(15)11-19-10-13-5-3-2-4-6-13/h2-8H,10-11H2,1H3. The summed E-state index contributed by atoms with van der Waals surface area (Å²) >= 11 is 0. The van der Waals surface area contributed by atoms with Gasteiger partial charge in [-0.25, -0.2) is 0 Å². The Bertz CT molecular complexity index is 609. The number of hydrogen-bond acceptors (Lipinski definition) is 3. The normalized spacial score (nSPS) is 10.1. The van der Waals surface area contributed by atoms with Crippen molar-refractivity contribution in [1.82, 2.24) is 4.57 Å². The third-order valence-electron chi connectivity index (χ3n) is 2.76. The molecule has 4 heteroatoms. The molecule has 0 aliphatic heterocycles. The lowest BCUT2D eigenvalue weighted by Crippen LogP contribution is -2.09. The Morgan fingerprint density at radius 3 is 2.68 bits per heavy atom. The van der Waals surface area contributed by atoms with Crippen LogP contribution >= 0.6 is 0 Å². The summed E-state index contributed by atoms with van der Waals surface area (Å²) in [4.78, 5) is 11.5. The summed E-state index contributed by atoms with van der Waals surface area (Å²) in [6.45, 7) is 2.17. The van der Waals surface area contributed by atoms with E-state index >= 15 is 0 Å². The molecular formula is C15H14N2O2. The minimum atomic E-state index is -0.134. The predicted molar refractivity (Wildman–Crippen MR) is 70.4 cm³/mol. The fourth-order valence-electron chi connectivity index (χ4n) is 1.90. The van der Waals surface area contributed by atoms with E-state index in [1.54, 1.807) is 16.8 Å². The zero-order valence-electron chi connectivity index (χ0n) is 10.7. The van der Waals surface area contributed by atoms with Gasteiger partial charge in [0.15, 0.2) is 5.78 Å². The summed E-state index contributed by atoms with van der Waals surface area (Å²) in [5.74, 6) is -0.134. The minimum absolute atomic E-state index is 0.134. The molecule has 0 spiro atoms. The van der Waals surface area contributed by atoms with Gasteiger partial charge in [-0.1, -0.05) is 30.3 Å². The van der Waals surface area contributed by atoms with E-state index in [1.165, 1.54) is 6.92 Å². The van der Waals surface area contributed by atoms with E-state index in [0.29, 0.717) is 17.9 Å². The number of benzene rings is 1. The molecule has 4 nitrogen and oxygen atoms in total. The van der Waals surface area contributed by atoms with Gasteiger partial charge >= 0.3 is 0 Å². The van der Waals surface area contributed by atoms with Crippen molar-refractivity contribution in [2.45, 2.75) is 20.3 Å². The van der Waals surface area contributed by atoms with Crippen LogP contribution in [0, 0.1) is 11.3 Å². The van der Waals surface area contributed by atoms with Gasteiger partial charge in [-0.15, -0.1) is 0 Å². The number of carbonyl (C=O) groups is 1. The molecule has 0 N–H and O–H groups in total. The number of rotatable bonds is 5. The van der Waals surface area contributed by atoms with Gasteiger partial charge in [0.25, 0.3) is 0 Å². The van der Waals surface area contributed by atoms with Crippen LogP contribution in [0.1, 0.15) is 28.5 Å². The lowest BCUT2D eigenvalue weighted by Gasteiger charge is -2.08. The second-order valence-corrected chi connectivity index (χ2v) is 4.18. The third-order valence-corrected chi connectivity index (χ3v) is 2.76. The highest BCUT2D eigenvalue weighted by molar-refractivity contribution is 5.95. The van der Waals surface area contributed by atoms with Crippen LogP contribution < -0.4 is 0 Å². The van der Waals surface area contributed by atoms with E-state index in [-0.39, 0.29) is 12.5 Å². The summed E-state index contributed by atoms with van der Waals surface area (Å²) in [5, 5.41) is 8.93. The number of hydrogen-bond donors (Lipinski definition) is 0. The molecule has 0 saturated carbocycles. The molecule has 2 aromatic rings. The molecule has 1 aromatic heterocycles. The van der Waals surface area contributed by atoms with Crippen LogP contribution in [0.25, 0.3) is 0 Å². The van der Waals surface area contributed by atoms with Crippen molar-refractivity contribution in [1.29, 1.82) is 5.26 Å². The van der Waals surface area contributed by atoms with Crippen LogP contribution in [0.3, 0.4) is 0 Å². The molecule has 2 rings (SSSR count). The maximum absolute atomic E-state index is 11.5. The van der Waals surface area contributed by atoms with E-state index in [4.69, 9.17) is 10.00 Å². The molecule has 1 aromatic carbocycles. The summed E-state index contributed by atoms with van der Waals surface area (Å²) < 4.78 is 7.21. The molecule has 0 unspecified atom stereocenters. The van der Waals surface area contributed by atoms with Crippen LogP contribution in [0.15, 0.2) is 42.6 Å². The Morgan fingerprint density at radius 1 is 1.32 bits per heavy atom. The summed E-state index contributed by atoms with van der Waals surface area (Å²) in [6.07, 6.45) is 1.69. The van der Waals surface area contributed by atoms with Crippen molar-refractivity contribution >= 4 is 5.78 Å². The smallest absolute Gasteiger partial charge is 0.177 e. The van der Waals surface area contributed by atoms with Crippen LogP contribution in [-0.2, 0) is 18.1 Å². The van der Waals surface area contributed by atoms with Gasteiger partial charge in [-0.2, -0.15) is 5.26 Å². The molecule has 19 heavy (non-hydrogen) atoms. The van der Waals surface area contributed by atoms with E-state index in [9.17, 15) is 4.79 Å². The fraction of sp³-hybridized carbons (Fsp3) is 0.200. The molecule has 1 heterocycles. The molecule has 0 saturated heterocycles. The predicted octanol–water partition coefficient (Wildman–Crippen LogP) is 2.74. The van der Waals surface area contributed by atoms with Crippen LogP contribution in [0.2, 0.25) is 0 Å². The lowest BCUT2D eigenvalue weighted by molar-refractivity contribution is 0.0613. The SMILES string of the molecule is CC(=O)c1c(C#N)ccn1COCc1ccccc1. The quantitative estimate of drug-likeness (QED) is 0.771. The Kier molecular flexibility index (Phi) is 4.11. The summed E-state index contributed by atoms with van der Waals surface area (Å²) in [7, 11) is 0. The maximum atomic E-state index is 11.5. The molecule has 0 radical (unpaired) electrons. The van der Waals surface area contributed by atoms with Crippen LogP contribution in [-0.4, -0.2) is 10.4 Å². The van der Waals surface area contributed by atoms with Gasteiger partial charge in [0.05, 0.1) is 12.2 Å². The summed E-state index contributed by atoms with van der Waals surface area (Å²) in [6, 6.07) is 13.4. The van der Waals surface area contributed by atoms with Gasteiger partial charge in [0.2, 0.25) is 0 Å². The van der Waals surface area contributed by atoms with Crippen molar-refractivity contribution in [3.05, 3.63) is 59.4 Å². The highest BCUT2D eigenvalue weighted by Gasteiger charge is 2.12. The number of ketones is 1. The molecular weight excluding hydrogens is 240 g/mol. The largest absolute Gasteiger partial charge is 0.356 e. The highest BCUT2D eigenvalue weighted by Crippen LogP contribution is 2.12. The van der Waals surface area contributed by atoms with Gasteiger partial charge in [-0.3, -0.25) is 4.79 Å². The Balaban J connectivity index is 2.03. The minimum Gasteiger partial charge on any atom is -0.356 e. The number of aromatic nitrogens is 1. The molecule has 96 valence electrons. The third kappa shape index (κ3) is 3.09. The highest BCUT2D eigenvalue weighted by atomic mass is 16.5. The number of nitriles is 1. The summed E-state index contributed by atoms with van der Waals surface area (Å²) in [5.41, 5.74) is 1.85. The van der Waals surface area contributed by atoms with E-state index in [2.05, 4.69) is 0 Å². The average molecular weight is 254 g/mol. The maximum Gasteiger partial charge on any atom is 0.177 e. The van der Waals surface area contributed by atoms with Crippen LogP contribution in [0.4, 0.5) is 0 Å². The Hall–Kier alpha value is -2.38. The first-order valence-corrected chi connectivity index (χ1v) is 5.94. The van der Waals surface area contributed by atoms with Crippen molar-refractivity contribution in [3.8, 4) is 6.07 Å². The second kappa shape index (κ2) is 5.98. The van der Waals surface area contributed by atoms with Gasteiger partial charge < -0.3 is 9.30 Å². The van der Waals surface area contributed by atoms with E-state index in [1.807, 2.05) is 36.4 Å². The van der Waals surface area contributed by atoms with Crippen molar-refractivity contribution in [2.75, 3.05) is 0 Å². The van der Waals surface area contributed by atoms with E-state index in [0.717, 1.165) is 5.56 Å². The zero-order chi connectivity index (χ0) is 13.7. The molecule has 0 bridgehead atoms. The molecule has 0 atom stereocenters. The number of Topliss-reactive ketones (excluding diaryl/α,β-unsaturated/α-hetero) is 1. The lowest BCUT2D eigenvalue weighted by atomic mass is 10.2. The first kappa shape index (κ1) is 13.1. The fourth-order valence-corrected chi connectivity index (χ4v) is 1.90. The van der Waals surface area contributed by atoms with Crippen molar-refractivity contribution in [2.24, 2.45) is 0 Å². The Morgan fingerprint density at radius 2 is 2.05 bits per heavy atom. The van der Waals surface area contributed by atoms with E-state index < -0.39 is 0 Å². The molecule has 0 amide bonds. The monoisotopic (exact) mass is 254 g/mol. The van der Waals surface area contributed by atoms with Gasteiger partial charge in [0, 0.05) is 13.1 Å². The first-order valence-electron chi connectivity index (χ1n) is 5.94. The van der Waals surface area contributed by atoms with Crippen LogP contribution in [0.5, 0.6) is 0 Å². The number of nitrogens with zero attached hydrogens (tertiary/aromatic N) is 2.